The SMILES string of the molecule is CC(C)N1CCC(c2nc(C(=O)Nc3cc4cc(-c5cnn(C)c5)cnc4cn3)cs2)CC1. The zero-order chi connectivity index (χ0) is 22.9. The summed E-state index contributed by atoms with van der Waals surface area (Å²) in [5, 5.41) is 10.9. The molecule has 5 heterocycles. The highest BCUT2D eigenvalue weighted by Gasteiger charge is 2.25. The third kappa shape index (κ3) is 4.65. The number of carbonyl (C=O) groups is 1. The normalized spacial score (nSPS) is 15.4. The molecule has 33 heavy (non-hydrogen) atoms. The third-order valence-corrected chi connectivity index (χ3v) is 7.22. The lowest BCUT2D eigenvalue weighted by atomic mass is 9.97. The Morgan fingerprint density at radius 1 is 1.12 bits per heavy atom. The van der Waals surface area contributed by atoms with Gasteiger partial charge in [-0.15, -0.1) is 11.3 Å². The largest absolute Gasteiger partial charge is 0.305 e. The number of fused-ring (bicyclic) bond motifs is 1. The fourth-order valence-corrected chi connectivity index (χ4v) is 5.22. The van der Waals surface area contributed by atoms with Crippen molar-refractivity contribution in [1.82, 2.24) is 29.6 Å². The average Bonchev–Trinajstić information content (AvgIpc) is 3.48. The van der Waals surface area contributed by atoms with E-state index >= 15 is 0 Å². The number of piperidine rings is 1. The first-order valence-corrected chi connectivity index (χ1v) is 12.1. The summed E-state index contributed by atoms with van der Waals surface area (Å²) in [6, 6.07) is 4.45. The molecular formula is C24H27N7OS. The van der Waals surface area contributed by atoms with Crippen molar-refractivity contribution in [3.63, 3.8) is 0 Å². The van der Waals surface area contributed by atoms with Crippen molar-refractivity contribution in [3.05, 3.63) is 53.0 Å². The van der Waals surface area contributed by atoms with Crippen LogP contribution in [0.25, 0.3) is 22.0 Å². The van der Waals surface area contributed by atoms with Gasteiger partial charge in [-0.25, -0.2) is 9.97 Å². The zero-order valence-corrected chi connectivity index (χ0v) is 19.8. The maximum atomic E-state index is 12.8. The van der Waals surface area contributed by atoms with E-state index < -0.39 is 0 Å². The first-order valence-electron chi connectivity index (χ1n) is 11.2. The molecule has 1 aliphatic rings. The van der Waals surface area contributed by atoms with Crippen LogP contribution in [-0.4, -0.2) is 54.7 Å². The number of nitrogens with zero attached hydrogens (tertiary/aromatic N) is 6. The molecule has 4 aromatic rings. The van der Waals surface area contributed by atoms with Crippen LogP contribution in [0.1, 0.15) is 48.1 Å². The molecule has 0 bridgehead atoms. The highest BCUT2D eigenvalue weighted by Crippen LogP contribution is 2.31. The van der Waals surface area contributed by atoms with Gasteiger partial charge in [0.15, 0.2) is 0 Å². The summed E-state index contributed by atoms with van der Waals surface area (Å²) in [6.07, 6.45) is 9.41. The summed E-state index contributed by atoms with van der Waals surface area (Å²) in [7, 11) is 1.88. The van der Waals surface area contributed by atoms with E-state index in [2.05, 4.69) is 44.1 Å². The van der Waals surface area contributed by atoms with Gasteiger partial charge in [-0.05, 0) is 51.9 Å². The number of anilines is 1. The number of likely N-dealkylation sites (tertiary alicyclic amines) is 1. The highest BCUT2D eigenvalue weighted by molar-refractivity contribution is 7.10. The Labute approximate surface area is 196 Å². The van der Waals surface area contributed by atoms with Crippen molar-refractivity contribution in [2.45, 2.75) is 38.6 Å². The molecule has 1 aliphatic heterocycles. The Morgan fingerprint density at radius 2 is 1.94 bits per heavy atom. The van der Waals surface area contributed by atoms with Gasteiger partial charge < -0.3 is 10.2 Å². The molecule has 1 fully saturated rings. The molecule has 0 aromatic carbocycles. The minimum atomic E-state index is -0.236. The molecule has 5 rings (SSSR count). The van der Waals surface area contributed by atoms with E-state index in [1.165, 1.54) is 0 Å². The van der Waals surface area contributed by atoms with Crippen molar-refractivity contribution >= 4 is 34.0 Å². The van der Waals surface area contributed by atoms with Crippen molar-refractivity contribution in [1.29, 1.82) is 0 Å². The van der Waals surface area contributed by atoms with Gasteiger partial charge in [-0.1, -0.05) is 0 Å². The molecule has 0 atom stereocenters. The number of amides is 1. The standard InChI is InChI=1S/C24H27N7OS/c1-15(2)31-6-4-16(5-7-31)24-28-21(14-33-24)23(32)29-22-9-17-8-18(10-25-20(17)12-26-22)19-11-27-30(3)13-19/h8-16H,4-7H2,1-3H3,(H,26,29,32). The monoisotopic (exact) mass is 461 g/mol. The lowest BCUT2D eigenvalue weighted by Gasteiger charge is -2.33. The fourth-order valence-electron chi connectivity index (χ4n) is 4.25. The maximum absolute atomic E-state index is 12.8. The third-order valence-electron chi connectivity index (χ3n) is 6.21. The van der Waals surface area contributed by atoms with Crippen LogP contribution in [0.4, 0.5) is 5.82 Å². The van der Waals surface area contributed by atoms with Crippen LogP contribution in [-0.2, 0) is 7.05 Å². The quantitative estimate of drug-likeness (QED) is 0.476. The molecule has 1 amide bonds. The second kappa shape index (κ2) is 8.99. The molecule has 0 spiro atoms. The smallest absolute Gasteiger partial charge is 0.276 e. The number of hydrogen-bond donors (Lipinski definition) is 1. The summed E-state index contributed by atoms with van der Waals surface area (Å²) in [5.41, 5.74) is 3.17. The van der Waals surface area contributed by atoms with Crippen LogP contribution in [0.5, 0.6) is 0 Å². The topological polar surface area (TPSA) is 88.8 Å². The Morgan fingerprint density at radius 3 is 2.67 bits per heavy atom. The number of aryl methyl sites for hydroxylation is 1. The predicted octanol–water partition coefficient (Wildman–Crippen LogP) is 4.33. The second-order valence-corrected chi connectivity index (χ2v) is 9.71. The number of hydrogen-bond acceptors (Lipinski definition) is 7. The molecular weight excluding hydrogens is 434 g/mol. The van der Waals surface area contributed by atoms with Gasteiger partial charge in [-0.2, -0.15) is 5.10 Å². The Balaban J connectivity index is 1.29. The van der Waals surface area contributed by atoms with E-state index in [4.69, 9.17) is 0 Å². The van der Waals surface area contributed by atoms with Gasteiger partial charge in [0.1, 0.15) is 11.5 Å². The van der Waals surface area contributed by atoms with E-state index in [9.17, 15) is 4.79 Å². The first-order chi connectivity index (χ1) is 16.0. The molecule has 0 unspecified atom stereocenters. The molecule has 9 heteroatoms. The Bertz CT molecular complexity index is 1290. The number of aromatic nitrogens is 5. The van der Waals surface area contributed by atoms with E-state index in [0.29, 0.717) is 23.5 Å². The van der Waals surface area contributed by atoms with Gasteiger partial charge in [0.05, 0.1) is 22.9 Å². The Kier molecular flexibility index (Phi) is 5.90. The van der Waals surface area contributed by atoms with Crippen LogP contribution in [0.3, 0.4) is 0 Å². The lowest BCUT2D eigenvalue weighted by Crippen LogP contribution is -2.37. The summed E-state index contributed by atoms with van der Waals surface area (Å²) in [4.78, 5) is 28.8. The number of nitrogens with one attached hydrogen (secondary N) is 1. The van der Waals surface area contributed by atoms with Gasteiger partial charge in [0.25, 0.3) is 5.91 Å². The van der Waals surface area contributed by atoms with Gasteiger partial charge >= 0.3 is 0 Å². The van der Waals surface area contributed by atoms with Crippen LogP contribution >= 0.6 is 11.3 Å². The van der Waals surface area contributed by atoms with Crippen molar-refractivity contribution in [2.24, 2.45) is 7.05 Å². The van der Waals surface area contributed by atoms with Crippen molar-refractivity contribution in [3.8, 4) is 11.1 Å². The minimum Gasteiger partial charge on any atom is -0.305 e. The molecule has 0 saturated carbocycles. The minimum absolute atomic E-state index is 0.236. The van der Waals surface area contributed by atoms with E-state index in [0.717, 1.165) is 53.0 Å². The van der Waals surface area contributed by atoms with Crippen LogP contribution in [0.15, 0.2) is 42.3 Å². The summed E-state index contributed by atoms with van der Waals surface area (Å²) in [5.74, 6) is 0.681. The fraction of sp³-hybridized carbons (Fsp3) is 0.375. The van der Waals surface area contributed by atoms with E-state index in [1.54, 1.807) is 28.4 Å². The number of thiazole rings is 1. The number of rotatable bonds is 5. The molecule has 8 nitrogen and oxygen atoms in total. The number of pyridine rings is 2. The summed E-state index contributed by atoms with van der Waals surface area (Å²) in [6.45, 7) is 6.64. The average molecular weight is 462 g/mol. The summed E-state index contributed by atoms with van der Waals surface area (Å²) < 4.78 is 1.76. The van der Waals surface area contributed by atoms with Crippen LogP contribution in [0.2, 0.25) is 0 Å². The van der Waals surface area contributed by atoms with E-state index in [1.807, 2.05) is 37.0 Å². The first kappa shape index (κ1) is 21.7. The summed E-state index contributed by atoms with van der Waals surface area (Å²) >= 11 is 1.58. The second-order valence-electron chi connectivity index (χ2n) is 8.82. The van der Waals surface area contributed by atoms with Gasteiger partial charge in [-0.3, -0.25) is 14.5 Å². The Hall–Kier alpha value is -3.17. The lowest BCUT2D eigenvalue weighted by molar-refractivity contribution is 0.102. The van der Waals surface area contributed by atoms with Crippen LogP contribution < -0.4 is 5.32 Å². The van der Waals surface area contributed by atoms with Gasteiger partial charge in [0.2, 0.25) is 0 Å². The molecule has 0 radical (unpaired) electrons. The molecule has 1 saturated heterocycles. The van der Waals surface area contributed by atoms with Crippen LogP contribution in [0, 0.1) is 0 Å². The van der Waals surface area contributed by atoms with E-state index in [-0.39, 0.29) is 5.91 Å². The van der Waals surface area contributed by atoms with Gasteiger partial charge in [0, 0.05) is 53.3 Å². The molecule has 1 N–H and O–H groups in total. The van der Waals surface area contributed by atoms with Crippen molar-refractivity contribution in [2.75, 3.05) is 18.4 Å². The maximum Gasteiger partial charge on any atom is 0.276 e. The molecule has 170 valence electrons. The molecule has 4 aromatic heterocycles. The number of carbonyl (C=O) groups excluding carboxylic acids is 1. The predicted molar refractivity (Wildman–Crippen MR) is 130 cm³/mol. The zero-order valence-electron chi connectivity index (χ0n) is 19.0. The highest BCUT2D eigenvalue weighted by atomic mass is 32.1. The molecule has 0 aliphatic carbocycles. The van der Waals surface area contributed by atoms with Crippen molar-refractivity contribution < 1.29 is 4.79 Å².